The minimum Gasteiger partial charge on any atom is -0.508 e. The molecule has 1 heterocycles. The second-order valence-corrected chi connectivity index (χ2v) is 12.8. The Hall–Kier alpha value is -4.99. The molecule has 0 saturated heterocycles. The van der Waals surface area contributed by atoms with Gasteiger partial charge >= 0.3 is 0 Å². The molecule has 1 aliphatic heterocycles. The van der Waals surface area contributed by atoms with Gasteiger partial charge in [0.1, 0.15) is 11.8 Å². The van der Waals surface area contributed by atoms with Crippen molar-refractivity contribution in [2.75, 3.05) is 6.54 Å². The standard InChI is InChI=1S/C39H45N5O4/c1-25-17-32(45)18-26(2)33(25)22-34(40)39(48)44-24-30-16-10-9-15-29(30)21-31(44)23-42-36(20-28-13-7-4-8-14-28)38(47)43-35(37(41)46)19-27-11-5-3-6-12-27/h3-18,31,34-36,42,45H,19-24,40H2,1-2H3,(H2,41,46)(H,43,47)/t31-,34-,35-,36-/m0/s1. The number of nitrogens with one attached hydrogen (secondary N) is 2. The highest BCUT2D eigenvalue weighted by molar-refractivity contribution is 5.89. The minimum absolute atomic E-state index is 0.177. The van der Waals surface area contributed by atoms with Crippen LogP contribution in [0.2, 0.25) is 0 Å². The molecule has 4 aromatic rings. The minimum atomic E-state index is -0.885. The Bertz CT molecular complexity index is 1710. The topological polar surface area (TPSA) is 151 Å². The summed E-state index contributed by atoms with van der Waals surface area (Å²) >= 11 is 0. The lowest BCUT2D eigenvalue weighted by atomic mass is 9.91. The number of phenols is 1. The molecule has 3 amide bonds. The van der Waals surface area contributed by atoms with Gasteiger partial charge in [-0.15, -0.1) is 0 Å². The predicted molar refractivity (Wildman–Crippen MR) is 187 cm³/mol. The molecule has 5 rings (SSSR count). The fourth-order valence-corrected chi connectivity index (χ4v) is 6.57. The average Bonchev–Trinajstić information content (AvgIpc) is 3.07. The molecule has 0 radical (unpaired) electrons. The summed E-state index contributed by atoms with van der Waals surface area (Å²) < 4.78 is 0. The monoisotopic (exact) mass is 647 g/mol. The van der Waals surface area contributed by atoms with Crippen LogP contribution in [-0.2, 0) is 46.6 Å². The van der Waals surface area contributed by atoms with Crippen molar-refractivity contribution < 1.29 is 19.5 Å². The van der Waals surface area contributed by atoms with Gasteiger partial charge in [-0.2, -0.15) is 0 Å². The number of carbonyl (C=O) groups excluding carboxylic acids is 3. The number of carbonyl (C=O) groups is 3. The van der Waals surface area contributed by atoms with Crippen LogP contribution in [0.1, 0.15) is 38.9 Å². The molecule has 0 spiro atoms. The van der Waals surface area contributed by atoms with Crippen molar-refractivity contribution in [1.82, 2.24) is 15.5 Å². The smallest absolute Gasteiger partial charge is 0.240 e. The first-order valence-corrected chi connectivity index (χ1v) is 16.4. The number of phenolic OH excluding ortho intramolecular Hbond substituents is 1. The van der Waals surface area contributed by atoms with Gasteiger partial charge < -0.3 is 32.1 Å². The Balaban J connectivity index is 1.36. The highest BCUT2D eigenvalue weighted by Gasteiger charge is 2.34. The summed E-state index contributed by atoms with van der Waals surface area (Å²) in [5.41, 5.74) is 19.1. The third kappa shape index (κ3) is 8.67. The Morgan fingerprint density at radius 1 is 0.812 bits per heavy atom. The zero-order valence-corrected chi connectivity index (χ0v) is 27.6. The molecule has 0 saturated carbocycles. The summed E-state index contributed by atoms with van der Waals surface area (Å²) in [5, 5.41) is 16.3. The normalized spacial score (nSPS) is 16.0. The van der Waals surface area contributed by atoms with Gasteiger partial charge in [-0.3, -0.25) is 14.4 Å². The van der Waals surface area contributed by atoms with E-state index in [9.17, 15) is 19.5 Å². The third-order valence-corrected chi connectivity index (χ3v) is 9.20. The first-order valence-electron chi connectivity index (χ1n) is 16.4. The maximum absolute atomic E-state index is 14.1. The second-order valence-electron chi connectivity index (χ2n) is 12.8. The van der Waals surface area contributed by atoms with Gasteiger partial charge in [0, 0.05) is 25.6 Å². The van der Waals surface area contributed by atoms with Gasteiger partial charge in [0.05, 0.1) is 12.1 Å². The number of nitrogens with two attached hydrogens (primary N) is 2. The summed E-state index contributed by atoms with van der Waals surface area (Å²) in [6, 6.07) is 27.9. The maximum atomic E-state index is 14.1. The summed E-state index contributed by atoms with van der Waals surface area (Å²) in [4.78, 5) is 42.2. The van der Waals surface area contributed by atoms with E-state index in [1.165, 1.54) is 0 Å². The summed E-state index contributed by atoms with van der Waals surface area (Å²) in [7, 11) is 0. The quantitative estimate of drug-likeness (QED) is 0.150. The number of rotatable bonds is 13. The van der Waals surface area contributed by atoms with Gasteiger partial charge in [0.2, 0.25) is 17.7 Å². The van der Waals surface area contributed by atoms with E-state index in [0.29, 0.717) is 32.4 Å². The molecule has 0 bridgehead atoms. The number of amides is 3. The Morgan fingerprint density at radius 3 is 1.94 bits per heavy atom. The van der Waals surface area contributed by atoms with Crippen molar-refractivity contribution in [2.24, 2.45) is 11.5 Å². The van der Waals surface area contributed by atoms with E-state index in [1.54, 1.807) is 12.1 Å². The molecular formula is C39H45N5O4. The van der Waals surface area contributed by atoms with E-state index in [1.807, 2.05) is 97.6 Å². The number of hydrogen-bond donors (Lipinski definition) is 5. The maximum Gasteiger partial charge on any atom is 0.240 e. The van der Waals surface area contributed by atoms with Crippen LogP contribution in [0.4, 0.5) is 0 Å². The molecule has 4 atom stereocenters. The molecule has 4 aromatic carbocycles. The van der Waals surface area contributed by atoms with Crippen LogP contribution < -0.4 is 22.1 Å². The van der Waals surface area contributed by atoms with E-state index in [4.69, 9.17) is 11.5 Å². The number of aryl methyl sites for hydroxylation is 2. The zero-order valence-electron chi connectivity index (χ0n) is 27.6. The van der Waals surface area contributed by atoms with E-state index in [0.717, 1.165) is 38.9 Å². The first kappa shape index (κ1) is 34.3. The SMILES string of the molecule is Cc1cc(O)cc(C)c1C[C@H](N)C(=O)N1Cc2ccccc2C[C@H]1CN[C@@H](Cc1ccccc1)C(=O)N[C@@H](Cc1ccccc1)C(N)=O. The molecule has 0 unspecified atom stereocenters. The van der Waals surface area contributed by atoms with Gasteiger partial charge in [0.15, 0.2) is 0 Å². The van der Waals surface area contributed by atoms with Crippen LogP contribution in [0.15, 0.2) is 97.1 Å². The second kappa shape index (κ2) is 15.7. The van der Waals surface area contributed by atoms with Crippen LogP contribution in [0, 0.1) is 13.8 Å². The highest BCUT2D eigenvalue weighted by atomic mass is 16.3. The molecule has 1 aliphatic rings. The average molecular weight is 648 g/mol. The van der Waals surface area contributed by atoms with Crippen LogP contribution in [-0.4, -0.2) is 58.4 Å². The lowest BCUT2D eigenvalue weighted by Crippen LogP contribution is -2.58. The molecule has 0 aromatic heterocycles. The van der Waals surface area contributed by atoms with Crippen molar-refractivity contribution in [3.8, 4) is 5.75 Å². The van der Waals surface area contributed by atoms with Crippen molar-refractivity contribution in [1.29, 1.82) is 0 Å². The van der Waals surface area contributed by atoms with Crippen LogP contribution in [0.3, 0.4) is 0 Å². The Morgan fingerprint density at radius 2 is 1.35 bits per heavy atom. The molecule has 250 valence electrons. The molecule has 48 heavy (non-hydrogen) atoms. The van der Waals surface area contributed by atoms with E-state index in [-0.39, 0.29) is 30.0 Å². The predicted octanol–water partition coefficient (Wildman–Crippen LogP) is 3.25. The van der Waals surface area contributed by atoms with Gasteiger partial charge in [-0.25, -0.2) is 0 Å². The molecule has 0 aliphatic carbocycles. The number of aromatic hydroxyl groups is 1. The molecular weight excluding hydrogens is 602 g/mol. The van der Waals surface area contributed by atoms with Gasteiger partial charge in [-0.05, 0) is 84.2 Å². The molecule has 7 N–H and O–H groups in total. The number of benzene rings is 4. The van der Waals surface area contributed by atoms with Crippen molar-refractivity contribution in [2.45, 2.75) is 70.2 Å². The van der Waals surface area contributed by atoms with E-state index in [2.05, 4.69) is 16.7 Å². The number of hydrogen-bond acceptors (Lipinski definition) is 6. The fraction of sp³-hybridized carbons (Fsp3) is 0.308. The van der Waals surface area contributed by atoms with Crippen molar-refractivity contribution >= 4 is 17.7 Å². The zero-order chi connectivity index (χ0) is 34.2. The van der Waals surface area contributed by atoms with Gasteiger partial charge in [-0.1, -0.05) is 84.9 Å². The number of nitrogens with zero attached hydrogens (tertiary/aromatic N) is 1. The summed E-state index contributed by atoms with van der Waals surface area (Å²) in [6.07, 6.45) is 1.58. The van der Waals surface area contributed by atoms with Crippen LogP contribution in [0.5, 0.6) is 5.75 Å². The van der Waals surface area contributed by atoms with Crippen LogP contribution in [0.25, 0.3) is 0 Å². The van der Waals surface area contributed by atoms with Crippen molar-refractivity contribution in [3.05, 3.63) is 136 Å². The Labute approximate surface area is 282 Å². The van der Waals surface area contributed by atoms with E-state index >= 15 is 0 Å². The lowest BCUT2D eigenvalue weighted by Gasteiger charge is -2.39. The number of fused-ring (bicyclic) bond motifs is 1. The first-order chi connectivity index (χ1) is 23.1. The highest BCUT2D eigenvalue weighted by Crippen LogP contribution is 2.26. The Kier molecular flexibility index (Phi) is 11.3. The fourth-order valence-electron chi connectivity index (χ4n) is 6.57. The third-order valence-electron chi connectivity index (χ3n) is 9.20. The van der Waals surface area contributed by atoms with Crippen molar-refractivity contribution in [3.63, 3.8) is 0 Å². The van der Waals surface area contributed by atoms with Gasteiger partial charge in [0.25, 0.3) is 0 Å². The molecule has 9 heteroatoms. The van der Waals surface area contributed by atoms with Crippen LogP contribution >= 0.6 is 0 Å². The summed E-state index contributed by atoms with van der Waals surface area (Å²) in [5.74, 6) is -0.949. The summed E-state index contributed by atoms with van der Waals surface area (Å²) in [6.45, 7) is 4.54. The molecule has 0 fully saturated rings. The number of primary amides is 1. The molecule has 9 nitrogen and oxygen atoms in total. The lowest BCUT2D eigenvalue weighted by molar-refractivity contribution is -0.136. The van der Waals surface area contributed by atoms with E-state index < -0.39 is 24.0 Å². The largest absolute Gasteiger partial charge is 0.508 e.